The van der Waals surface area contributed by atoms with E-state index in [1.54, 1.807) is 0 Å². The Balaban J connectivity index is 2.65. The molecular formula is C11H19NO4. The van der Waals surface area contributed by atoms with Crippen molar-refractivity contribution in [2.24, 2.45) is 17.8 Å². The molecule has 1 aliphatic heterocycles. The highest BCUT2D eigenvalue weighted by Crippen LogP contribution is 2.24. The zero-order valence-corrected chi connectivity index (χ0v) is 9.72. The molecule has 0 radical (unpaired) electrons. The van der Waals surface area contributed by atoms with Crippen LogP contribution in [0.3, 0.4) is 0 Å². The van der Waals surface area contributed by atoms with Gasteiger partial charge < -0.3 is 15.1 Å². The first-order valence-electron chi connectivity index (χ1n) is 5.59. The van der Waals surface area contributed by atoms with E-state index in [0.717, 1.165) is 6.54 Å². The Morgan fingerprint density at radius 2 is 1.81 bits per heavy atom. The minimum atomic E-state index is -0.999. The Kier molecular flexibility index (Phi) is 4.29. The summed E-state index contributed by atoms with van der Waals surface area (Å²) in [6.07, 6.45) is 0.430. The number of carbonyl (C=O) groups is 2. The molecule has 0 aromatic rings. The summed E-state index contributed by atoms with van der Waals surface area (Å²) in [5.41, 5.74) is 0. The van der Waals surface area contributed by atoms with Crippen LogP contribution in [0.1, 0.15) is 20.3 Å². The van der Waals surface area contributed by atoms with Crippen molar-refractivity contribution in [2.45, 2.75) is 20.3 Å². The van der Waals surface area contributed by atoms with Crippen LogP contribution in [-0.2, 0) is 9.59 Å². The molecular weight excluding hydrogens is 210 g/mol. The van der Waals surface area contributed by atoms with Gasteiger partial charge in [-0.05, 0) is 18.9 Å². The van der Waals surface area contributed by atoms with Crippen LogP contribution in [-0.4, -0.2) is 46.7 Å². The smallest absolute Gasteiger partial charge is 0.308 e. The van der Waals surface area contributed by atoms with Crippen molar-refractivity contribution in [3.8, 4) is 0 Å². The molecule has 1 fully saturated rings. The Hall–Kier alpha value is -1.10. The van der Waals surface area contributed by atoms with Gasteiger partial charge in [0.25, 0.3) is 0 Å². The monoisotopic (exact) mass is 229 g/mol. The molecule has 1 heterocycles. The number of carboxylic acid groups (broad SMARTS) is 2. The standard InChI is InChI=1S/C11H19NO4/c1-7(2)5-12-4-3-8(10(13)14)9(6-12)11(15)16/h7-9H,3-6H2,1-2H3,(H,13,14)(H,15,16). The molecule has 1 saturated heterocycles. The number of likely N-dealkylation sites (tertiary alicyclic amines) is 1. The summed E-state index contributed by atoms with van der Waals surface area (Å²) in [7, 11) is 0. The first-order valence-corrected chi connectivity index (χ1v) is 5.59. The number of hydrogen-bond donors (Lipinski definition) is 2. The van der Waals surface area contributed by atoms with E-state index in [4.69, 9.17) is 10.2 Å². The van der Waals surface area contributed by atoms with Gasteiger partial charge >= 0.3 is 11.9 Å². The van der Waals surface area contributed by atoms with Gasteiger partial charge in [-0.3, -0.25) is 9.59 Å². The second-order valence-corrected chi connectivity index (χ2v) is 4.83. The molecule has 0 spiro atoms. The first kappa shape index (κ1) is 13.0. The van der Waals surface area contributed by atoms with E-state index in [1.165, 1.54) is 0 Å². The summed E-state index contributed by atoms with van der Waals surface area (Å²) in [4.78, 5) is 24.0. The fourth-order valence-corrected chi connectivity index (χ4v) is 2.25. The molecule has 2 N–H and O–H groups in total. The van der Waals surface area contributed by atoms with E-state index in [2.05, 4.69) is 13.8 Å². The first-order chi connectivity index (χ1) is 7.41. The third kappa shape index (κ3) is 3.20. The summed E-state index contributed by atoms with van der Waals surface area (Å²) in [6.45, 7) is 6.00. The summed E-state index contributed by atoms with van der Waals surface area (Å²) in [5.74, 6) is -3.03. The number of nitrogens with zero attached hydrogens (tertiary/aromatic N) is 1. The maximum absolute atomic E-state index is 11.0. The van der Waals surface area contributed by atoms with Gasteiger partial charge in [-0.2, -0.15) is 0 Å². The second kappa shape index (κ2) is 5.30. The van der Waals surface area contributed by atoms with Gasteiger partial charge in [0, 0.05) is 13.1 Å². The molecule has 2 unspecified atom stereocenters. The molecule has 1 aliphatic rings. The number of piperidine rings is 1. The van der Waals surface area contributed by atoms with Crippen molar-refractivity contribution in [3.63, 3.8) is 0 Å². The second-order valence-electron chi connectivity index (χ2n) is 4.83. The van der Waals surface area contributed by atoms with Gasteiger partial charge in [-0.25, -0.2) is 0 Å². The summed E-state index contributed by atoms with van der Waals surface area (Å²) in [6, 6.07) is 0. The molecule has 5 heteroatoms. The average Bonchev–Trinajstić information content (AvgIpc) is 2.16. The van der Waals surface area contributed by atoms with Crippen LogP contribution in [0.15, 0.2) is 0 Å². The maximum atomic E-state index is 11.0. The van der Waals surface area contributed by atoms with Gasteiger partial charge in [-0.15, -0.1) is 0 Å². The lowest BCUT2D eigenvalue weighted by atomic mass is 9.85. The number of hydrogen-bond acceptors (Lipinski definition) is 3. The molecule has 1 rings (SSSR count). The minimum Gasteiger partial charge on any atom is -0.481 e. The summed E-state index contributed by atoms with van der Waals surface area (Å²) < 4.78 is 0. The quantitative estimate of drug-likeness (QED) is 0.743. The Labute approximate surface area is 95.1 Å². The number of aliphatic carboxylic acids is 2. The van der Waals surface area contributed by atoms with Crippen LogP contribution in [0.5, 0.6) is 0 Å². The van der Waals surface area contributed by atoms with Crippen LogP contribution in [0, 0.1) is 17.8 Å². The zero-order valence-electron chi connectivity index (χ0n) is 9.72. The lowest BCUT2D eigenvalue weighted by Crippen LogP contribution is -2.47. The topological polar surface area (TPSA) is 77.8 Å². The fraction of sp³-hybridized carbons (Fsp3) is 0.818. The lowest BCUT2D eigenvalue weighted by Gasteiger charge is -2.35. The molecule has 0 aliphatic carbocycles. The Bertz CT molecular complexity index is 277. The molecule has 0 aromatic heterocycles. The van der Waals surface area contributed by atoms with Gasteiger partial charge in [0.2, 0.25) is 0 Å². The fourth-order valence-electron chi connectivity index (χ4n) is 2.25. The number of rotatable bonds is 4. The van der Waals surface area contributed by atoms with Crippen LogP contribution in [0.25, 0.3) is 0 Å². The lowest BCUT2D eigenvalue weighted by molar-refractivity contribution is -0.157. The maximum Gasteiger partial charge on any atom is 0.308 e. The van der Waals surface area contributed by atoms with Crippen molar-refractivity contribution >= 4 is 11.9 Å². The van der Waals surface area contributed by atoms with Gasteiger partial charge in [0.15, 0.2) is 0 Å². The highest BCUT2D eigenvalue weighted by molar-refractivity contribution is 5.80. The van der Waals surface area contributed by atoms with Crippen molar-refractivity contribution in [1.82, 2.24) is 4.90 Å². The predicted octanol–water partition coefficient (Wildman–Crippen LogP) is 0.750. The van der Waals surface area contributed by atoms with Crippen molar-refractivity contribution in [1.29, 1.82) is 0 Å². The molecule has 2 atom stereocenters. The van der Waals surface area contributed by atoms with E-state index < -0.39 is 23.8 Å². The highest BCUT2D eigenvalue weighted by Gasteiger charge is 2.38. The Morgan fingerprint density at radius 3 is 2.25 bits per heavy atom. The van der Waals surface area contributed by atoms with Crippen LogP contribution in [0.2, 0.25) is 0 Å². The Morgan fingerprint density at radius 1 is 1.25 bits per heavy atom. The van der Waals surface area contributed by atoms with E-state index in [1.807, 2.05) is 4.90 Å². The SMILES string of the molecule is CC(C)CN1CCC(C(=O)O)C(C(=O)O)C1. The van der Waals surface area contributed by atoms with Crippen LogP contribution in [0.4, 0.5) is 0 Å². The third-order valence-corrected chi connectivity index (χ3v) is 2.95. The molecule has 0 amide bonds. The van der Waals surface area contributed by atoms with E-state index in [-0.39, 0.29) is 0 Å². The van der Waals surface area contributed by atoms with Crippen molar-refractivity contribution < 1.29 is 19.8 Å². The van der Waals surface area contributed by atoms with Gasteiger partial charge in [0.1, 0.15) is 0 Å². The highest BCUT2D eigenvalue weighted by atomic mass is 16.4. The molecule has 0 aromatic carbocycles. The molecule has 16 heavy (non-hydrogen) atoms. The molecule has 0 saturated carbocycles. The normalized spacial score (nSPS) is 26.9. The van der Waals surface area contributed by atoms with Gasteiger partial charge in [0.05, 0.1) is 11.8 Å². The van der Waals surface area contributed by atoms with Crippen molar-refractivity contribution in [3.05, 3.63) is 0 Å². The molecule has 5 nitrogen and oxygen atoms in total. The largest absolute Gasteiger partial charge is 0.481 e. The average molecular weight is 229 g/mol. The van der Waals surface area contributed by atoms with E-state index in [9.17, 15) is 9.59 Å². The van der Waals surface area contributed by atoms with Crippen LogP contribution < -0.4 is 0 Å². The molecule has 92 valence electrons. The van der Waals surface area contributed by atoms with Crippen LogP contribution >= 0.6 is 0 Å². The zero-order chi connectivity index (χ0) is 12.3. The third-order valence-electron chi connectivity index (χ3n) is 2.95. The molecule has 0 bridgehead atoms. The minimum absolute atomic E-state index is 0.352. The summed E-state index contributed by atoms with van der Waals surface area (Å²) in [5, 5.41) is 18.0. The van der Waals surface area contributed by atoms with E-state index in [0.29, 0.717) is 25.4 Å². The predicted molar refractivity (Wildman–Crippen MR) is 58.1 cm³/mol. The number of carboxylic acids is 2. The van der Waals surface area contributed by atoms with Crippen molar-refractivity contribution in [2.75, 3.05) is 19.6 Å². The van der Waals surface area contributed by atoms with E-state index >= 15 is 0 Å². The summed E-state index contributed by atoms with van der Waals surface area (Å²) >= 11 is 0. The van der Waals surface area contributed by atoms with Gasteiger partial charge in [-0.1, -0.05) is 13.8 Å².